The molecule has 0 saturated carbocycles. The zero-order chi connectivity index (χ0) is 30.0. The van der Waals surface area contributed by atoms with E-state index in [2.05, 4.69) is 103 Å². The fourth-order valence-corrected chi connectivity index (χ4v) is 6.45. The van der Waals surface area contributed by atoms with Crippen molar-refractivity contribution in [3.05, 3.63) is 158 Å². The summed E-state index contributed by atoms with van der Waals surface area (Å²) in [6.07, 6.45) is 0. The topological polar surface area (TPSA) is 51.6 Å². The maximum Gasteiger partial charge on any atom is 0.164 e. The third-order valence-corrected chi connectivity index (χ3v) is 8.85. The molecule has 2 aromatic heterocycles. The number of hydrogen-bond donors (Lipinski definition) is 0. The van der Waals surface area contributed by atoms with Crippen molar-refractivity contribution in [1.29, 1.82) is 0 Å². The first-order valence-electron chi connectivity index (χ1n) is 14.8. The van der Waals surface area contributed by atoms with E-state index in [9.17, 15) is 0 Å². The van der Waals surface area contributed by atoms with Crippen LogP contribution in [0.15, 0.2) is 158 Å². The van der Waals surface area contributed by atoms with Crippen molar-refractivity contribution in [3.8, 4) is 67.0 Å². The average Bonchev–Trinajstić information content (AvgIpc) is 3.57. The van der Waals surface area contributed by atoms with Gasteiger partial charge in [-0.25, -0.2) is 19.9 Å². The molecule has 212 valence electrons. The normalized spacial score (nSPS) is 11.1. The van der Waals surface area contributed by atoms with Crippen molar-refractivity contribution in [1.82, 2.24) is 19.9 Å². The van der Waals surface area contributed by atoms with Crippen LogP contribution in [0.3, 0.4) is 0 Å². The lowest BCUT2D eigenvalue weighted by atomic mass is 10.0. The molecule has 8 aromatic rings. The van der Waals surface area contributed by atoms with E-state index in [1.54, 1.807) is 11.3 Å². The molecule has 0 bridgehead atoms. The molecule has 0 saturated heterocycles. The molecule has 0 aliphatic carbocycles. The summed E-state index contributed by atoms with van der Waals surface area (Å²) in [6, 6.07) is 54.1. The van der Waals surface area contributed by atoms with E-state index < -0.39 is 0 Å². The van der Waals surface area contributed by atoms with Crippen LogP contribution in [-0.4, -0.2) is 19.9 Å². The van der Waals surface area contributed by atoms with E-state index in [1.165, 1.54) is 5.56 Å². The van der Waals surface area contributed by atoms with Gasteiger partial charge in [0.1, 0.15) is 5.01 Å². The summed E-state index contributed by atoms with van der Waals surface area (Å²) in [5.41, 5.74) is 9.52. The van der Waals surface area contributed by atoms with Gasteiger partial charge in [-0.3, -0.25) is 0 Å². The lowest BCUT2D eigenvalue weighted by molar-refractivity contribution is 1.07. The highest BCUT2D eigenvalue weighted by Gasteiger charge is 2.14. The van der Waals surface area contributed by atoms with Crippen molar-refractivity contribution in [2.24, 2.45) is 0 Å². The maximum atomic E-state index is 4.99. The first kappa shape index (κ1) is 26.8. The quantitative estimate of drug-likeness (QED) is 0.192. The highest BCUT2D eigenvalue weighted by Crippen LogP contribution is 2.34. The van der Waals surface area contributed by atoms with Crippen LogP contribution < -0.4 is 0 Å². The Hall–Kier alpha value is -5.78. The standard InChI is InChI=1S/C40H26N4S/c1-4-11-27(12-5-1)28-19-21-30(22-20-28)38-42-37(29-13-6-2-7-14-29)43-39(44-38)34-18-10-17-32(25-34)33-23-24-35-36(26-33)45-40(41-35)31-15-8-3-9-16-31/h1-26H. The second-order valence-electron chi connectivity index (χ2n) is 10.8. The molecule has 0 aliphatic rings. The largest absolute Gasteiger partial charge is 0.236 e. The van der Waals surface area contributed by atoms with Gasteiger partial charge in [0, 0.05) is 22.3 Å². The van der Waals surface area contributed by atoms with Gasteiger partial charge < -0.3 is 0 Å². The zero-order valence-electron chi connectivity index (χ0n) is 24.2. The Balaban J connectivity index is 1.18. The smallest absolute Gasteiger partial charge is 0.164 e. The van der Waals surface area contributed by atoms with Crippen molar-refractivity contribution >= 4 is 21.6 Å². The minimum absolute atomic E-state index is 0.637. The van der Waals surface area contributed by atoms with Gasteiger partial charge in [-0.05, 0) is 40.5 Å². The van der Waals surface area contributed by atoms with E-state index in [4.69, 9.17) is 19.9 Å². The Bertz CT molecular complexity index is 2250. The molecular formula is C40H26N4S. The highest BCUT2D eigenvalue weighted by molar-refractivity contribution is 7.21. The number of hydrogen-bond acceptors (Lipinski definition) is 5. The van der Waals surface area contributed by atoms with Gasteiger partial charge in [-0.15, -0.1) is 11.3 Å². The third-order valence-electron chi connectivity index (χ3n) is 7.78. The molecule has 5 heteroatoms. The molecule has 0 atom stereocenters. The number of rotatable bonds is 6. The predicted octanol–water partition coefficient (Wildman–Crippen LogP) is 10.5. The fraction of sp³-hybridized carbons (Fsp3) is 0. The van der Waals surface area contributed by atoms with Crippen LogP contribution in [0.25, 0.3) is 77.2 Å². The van der Waals surface area contributed by atoms with Crippen LogP contribution >= 0.6 is 11.3 Å². The number of fused-ring (bicyclic) bond motifs is 1. The molecule has 0 radical (unpaired) electrons. The molecule has 6 aromatic carbocycles. The summed E-state index contributed by atoms with van der Waals surface area (Å²) >= 11 is 1.71. The Morgan fingerprint density at radius 3 is 1.42 bits per heavy atom. The number of nitrogens with zero attached hydrogens (tertiary/aromatic N) is 4. The van der Waals surface area contributed by atoms with Gasteiger partial charge in [0.15, 0.2) is 17.5 Å². The molecule has 0 aliphatic heterocycles. The second-order valence-corrected chi connectivity index (χ2v) is 11.8. The van der Waals surface area contributed by atoms with Gasteiger partial charge in [-0.2, -0.15) is 0 Å². The molecule has 0 fully saturated rings. The van der Waals surface area contributed by atoms with Gasteiger partial charge in [0.25, 0.3) is 0 Å². The Morgan fingerprint density at radius 2 is 0.756 bits per heavy atom. The molecule has 0 spiro atoms. The fourth-order valence-electron chi connectivity index (χ4n) is 5.44. The lowest BCUT2D eigenvalue weighted by Crippen LogP contribution is -2.00. The van der Waals surface area contributed by atoms with Crippen LogP contribution in [0.2, 0.25) is 0 Å². The van der Waals surface area contributed by atoms with Crippen molar-refractivity contribution in [3.63, 3.8) is 0 Å². The zero-order valence-corrected chi connectivity index (χ0v) is 25.0. The minimum Gasteiger partial charge on any atom is -0.236 e. The number of thiazole rings is 1. The van der Waals surface area contributed by atoms with Crippen LogP contribution in [0.5, 0.6) is 0 Å². The van der Waals surface area contributed by atoms with Crippen molar-refractivity contribution < 1.29 is 0 Å². The van der Waals surface area contributed by atoms with Gasteiger partial charge in [0.2, 0.25) is 0 Å². The second kappa shape index (κ2) is 11.7. The molecule has 8 rings (SSSR count). The number of aromatic nitrogens is 4. The average molecular weight is 595 g/mol. The van der Waals surface area contributed by atoms with E-state index in [0.29, 0.717) is 17.5 Å². The summed E-state index contributed by atoms with van der Waals surface area (Å²) in [6.45, 7) is 0. The van der Waals surface area contributed by atoms with Crippen molar-refractivity contribution in [2.75, 3.05) is 0 Å². The molecule has 0 unspecified atom stereocenters. The predicted molar refractivity (Wildman–Crippen MR) is 186 cm³/mol. The van der Waals surface area contributed by atoms with Crippen molar-refractivity contribution in [2.45, 2.75) is 0 Å². The summed E-state index contributed by atoms with van der Waals surface area (Å²) in [4.78, 5) is 19.7. The van der Waals surface area contributed by atoms with E-state index >= 15 is 0 Å². The summed E-state index contributed by atoms with van der Waals surface area (Å²) in [5, 5.41) is 1.03. The van der Waals surface area contributed by atoms with E-state index in [0.717, 1.165) is 54.2 Å². The first-order valence-corrected chi connectivity index (χ1v) is 15.6. The van der Waals surface area contributed by atoms with Gasteiger partial charge in [0.05, 0.1) is 10.2 Å². The van der Waals surface area contributed by atoms with Gasteiger partial charge in [-0.1, -0.05) is 140 Å². The SMILES string of the molecule is c1ccc(-c2ccc(-c3nc(-c4ccccc4)nc(-c4cccc(-c5ccc6nc(-c7ccccc7)sc6c5)c4)n3)cc2)cc1. The highest BCUT2D eigenvalue weighted by atomic mass is 32.1. The third kappa shape index (κ3) is 5.53. The van der Waals surface area contributed by atoms with E-state index in [-0.39, 0.29) is 0 Å². The molecule has 4 nitrogen and oxygen atoms in total. The molecule has 45 heavy (non-hydrogen) atoms. The summed E-state index contributed by atoms with van der Waals surface area (Å²) < 4.78 is 1.16. The van der Waals surface area contributed by atoms with E-state index in [1.807, 2.05) is 54.6 Å². The molecular weight excluding hydrogens is 569 g/mol. The number of benzene rings is 6. The van der Waals surface area contributed by atoms with Crippen LogP contribution in [0.4, 0.5) is 0 Å². The minimum atomic E-state index is 0.637. The summed E-state index contributed by atoms with van der Waals surface area (Å²) in [5.74, 6) is 1.93. The Morgan fingerprint density at radius 1 is 0.311 bits per heavy atom. The molecule has 0 amide bonds. The summed E-state index contributed by atoms with van der Waals surface area (Å²) in [7, 11) is 0. The molecule has 2 heterocycles. The lowest BCUT2D eigenvalue weighted by Gasteiger charge is -2.10. The maximum absolute atomic E-state index is 4.99. The van der Waals surface area contributed by atoms with Crippen LogP contribution in [0, 0.1) is 0 Å². The Labute approximate surface area is 265 Å². The monoisotopic (exact) mass is 594 g/mol. The van der Waals surface area contributed by atoms with Gasteiger partial charge >= 0.3 is 0 Å². The van der Waals surface area contributed by atoms with Crippen LogP contribution in [0.1, 0.15) is 0 Å². The Kier molecular flexibility index (Phi) is 6.98. The first-order chi connectivity index (χ1) is 22.3. The molecule has 0 N–H and O–H groups in total. The van der Waals surface area contributed by atoms with Crippen LogP contribution in [-0.2, 0) is 0 Å².